The van der Waals surface area contributed by atoms with Crippen LogP contribution in [0.4, 0.5) is 5.69 Å². The molecule has 1 fully saturated rings. The number of ether oxygens (including phenoxy) is 2. The van der Waals surface area contributed by atoms with Crippen LogP contribution in [0.2, 0.25) is 0 Å². The highest BCUT2D eigenvalue weighted by Crippen LogP contribution is 2.42. The number of esters is 1. The van der Waals surface area contributed by atoms with E-state index in [9.17, 15) is 4.79 Å². The molecule has 0 amide bonds. The van der Waals surface area contributed by atoms with Crippen LogP contribution in [0.25, 0.3) is 0 Å². The molecule has 18 heavy (non-hydrogen) atoms. The second-order valence-corrected chi connectivity index (χ2v) is 5.07. The highest BCUT2D eigenvalue weighted by molar-refractivity contribution is 5.95. The summed E-state index contributed by atoms with van der Waals surface area (Å²) in [5, 5.41) is 3.56. The fourth-order valence-electron chi connectivity index (χ4n) is 2.91. The van der Waals surface area contributed by atoms with Gasteiger partial charge >= 0.3 is 5.97 Å². The van der Waals surface area contributed by atoms with Crippen molar-refractivity contribution >= 4 is 11.7 Å². The van der Waals surface area contributed by atoms with Gasteiger partial charge in [0.05, 0.1) is 18.3 Å². The van der Waals surface area contributed by atoms with Crippen molar-refractivity contribution in [3.8, 4) is 5.75 Å². The minimum absolute atomic E-state index is 0.0712. The first-order valence-electron chi connectivity index (χ1n) is 6.36. The summed E-state index contributed by atoms with van der Waals surface area (Å²) in [4.78, 5) is 11.7. The van der Waals surface area contributed by atoms with Crippen molar-refractivity contribution in [1.82, 2.24) is 0 Å². The molecular weight excluding hydrogens is 230 g/mol. The van der Waals surface area contributed by atoms with Crippen molar-refractivity contribution in [1.29, 1.82) is 0 Å². The van der Waals surface area contributed by atoms with Crippen LogP contribution >= 0.6 is 0 Å². The molecule has 1 aliphatic heterocycles. The number of methoxy groups -OCH3 is 1. The van der Waals surface area contributed by atoms with Gasteiger partial charge in [-0.05, 0) is 25.0 Å². The van der Waals surface area contributed by atoms with E-state index in [1.165, 1.54) is 20.0 Å². The van der Waals surface area contributed by atoms with E-state index < -0.39 is 0 Å². The Morgan fingerprint density at radius 3 is 2.89 bits per heavy atom. The normalized spacial score (nSPS) is 19.8. The minimum Gasteiger partial charge on any atom is -0.488 e. The number of nitrogens with one attached hydrogen (secondary N) is 1. The fraction of sp³-hybridized carbons (Fsp3) is 0.500. The largest absolute Gasteiger partial charge is 0.488 e. The topological polar surface area (TPSA) is 47.6 Å². The van der Waals surface area contributed by atoms with E-state index in [1.54, 1.807) is 6.07 Å². The van der Waals surface area contributed by atoms with Crippen LogP contribution in [0.15, 0.2) is 18.2 Å². The molecule has 1 N–H and O–H groups in total. The van der Waals surface area contributed by atoms with Crippen LogP contribution in [0, 0.1) is 0 Å². The van der Waals surface area contributed by atoms with Crippen LogP contribution in [-0.4, -0.2) is 25.2 Å². The number of carbonyl (C=O) groups excluding carboxylic acids is 1. The number of rotatable bonds is 1. The summed E-state index contributed by atoms with van der Waals surface area (Å²) in [6.45, 7) is 0.633. The SMILES string of the molecule is COC(=O)c1cccc2c1OCC1(CCCC1)N2. The molecule has 2 aliphatic rings. The minimum atomic E-state index is -0.351. The van der Waals surface area contributed by atoms with Gasteiger partial charge in [0.1, 0.15) is 12.2 Å². The maximum atomic E-state index is 11.7. The number of carbonyl (C=O) groups is 1. The first-order valence-corrected chi connectivity index (χ1v) is 6.36. The zero-order valence-electron chi connectivity index (χ0n) is 10.5. The molecule has 96 valence electrons. The van der Waals surface area contributed by atoms with Crippen molar-refractivity contribution in [2.24, 2.45) is 0 Å². The molecule has 1 spiro atoms. The van der Waals surface area contributed by atoms with Gasteiger partial charge in [0, 0.05) is 0 Å². The number of hydrogen-bond donors (Lipinski definition) is 1. The summed E-state index contributed by atoms with van der Waals surface area (Å²) in [5.74, 6) is 0.276. The van der Waals surface area contributed by atoms with E-state index in [0.29, 0.717) is 17.9 Å². The molecule has 1 aromatic rings. The van der Waals surface area contributed by atoms with Crippen LogP contribution in [0.1, 0.15) is 36.0 Å². The average molecular weight is 247 g/mol. The van der Waals surface area contributed by atoms with Gasteiger partial charge in [0.15, 0.2) is 5.75 Å². The van der Waals surface area contributed by atoms with E-state index in [0.717, 1.165) is 18.5 Å². The summed E-state index contributed by atoms with van der Waals surface area (Å²) in [6, 6.07) is 5.55. The lowest BCUT2D eigenvalue weighted by Gasteiger charge is -2.37. The zero-order chi connectivity index (χ0) is 12.6. The Kier molecular flexibility index (Phi) is 2.65. The number of benzene rings is 1. The van der Waals surface area contributed by atoms with E-state index in [-0.39, 0.29) is 11.5 Å². The third kappa shape index (κ3) is 1.72. The van der Waals surface area contributed by atoms with Crippen molar-refractivity contribution in [2.45, 2.75) is 31.2 Å². The van der Waals surface area contributed by atoms with Crippen LogP contribution in [-0.2, 0) is 4.74 Å². The lowest BCUT2D eigenvalue weighted by Crippen LogP contribution is -2.44. The maximum absolute atomic E-state index is 11.7. The third-order valence-electron chi connectivity index (χ3n) is 3.87. The van der Waals surface area contributed by atoms with Crippen molar-refractivity contribution < 1.29 is 14.3 Å². The highest BCUT2D eigenvalue weighted by Gasteiger charge is 2.39. The molecule has 4 nitrogen and oxygen atoms in total. The van der Waals surface area contributed by atoms with Gasteiger partial charge in [-0.2, -0.15) is 0 Å². The Morgan fingerprint density at radius 1 is 1.39 bits per heavy atom. The van der Waals surface area contributed by atoms with Gasteiger partial charge < -0.3 is 14.8 Å². The lowest BCUT2D eigenvalue weighted by molar-refractivity contribution is 0.0594. The van der Waals surface area contributed by atoms with Gasteiger partial charge in [-0.3, -0.25) is 0 Å². The summed E-state index contributed by atoms with van der Waals surface area (Å²) < 4.78 is 10.6. The second-order valence-electron chi connectivity index (χ2n) is 5.07. The molecule has 4 heteroatoms. The van der Waals surface area contributed by atoms with Gasteiger partial charge in [-0.25, -0.2) is 4.79 Å². The number of anilines is 1. The molecule has 0 saturated heterocycles. The van der Waals surface area contributed by atoms with Gasteiger partial charge in [0.2, 0.25) is 0 Å². The molecule has 0 atom stereocenters. The summed E-state index contributed by atoms with van der Waals surface area (Å²) >= 11 is 0. The average Bonchev–Trinajstić information content (AvgIpc) is 2.85. The van der Waals surface area contributed by atoms with Crippen molar-refractivity contribution in [3.63, 3.8) is 0 Å². The number of fused-ring (bicyclic) bond motifs is 1. The Balaban J connectivity index is 1.95. The predicted octanol–water partition coefficient (Wildman–Crippen LogP) is 2.59. The zero-order valence-corrected chi connectivity index (χ0v) is 10.5. The van der Waals surface area contributed by atoms with Crippen LogP contribution in [0.3, 0.4) is 0 Å². The van der Waals surface area contributed by atoms with Gasteiger partial charge in [0.25, 0.3) is 0 Å². The van der Waals surface area contributed by atoms with E-state index >= 15 is 0 Å². The fourth-order valence-corrected chi connectivity index (χ4v) is 2.91. The molecule has 1 heterocycles. The monoisotopic (exact) mass is 247 g/mol. The first-order chi connectivity index (χ1) is 8.74. The van der Waals surface area contributed by atoms with E-state index in [1.807, 2.05) is 12.1 Å². The quantitative estimate of drug-likeness (QED) is 0.775. The van der Waals surface area contributed by atoms with Crippen molar-refractivity contribution in [3.05, 3.63) is 23.8 Å². The number of hydrogen-bond acceptors (Lipinski definition) is 4. The Bertz CT molecular complexity index is 478. The lowest BCUT2D eigenvalue weighted by atomic mass is 9.96. The molecule has 0 aromatic heterocycles. The van der Waals surface area contributed by atoms with Crippen LogP contribution < -0.4 is 10.1 Å². The second kappa shape index (κ2) is 4.19. The van der Waals surface area contributed by atoms with E-state index in [2.05, 4.69) is 5.32 Å². The summed E-state index contributed by atoms with van der Waals surface area (Å²) in [5.41, 5.74) is 1.48. The molecule has 0 unspecified atom stereocenters. The molecule has 0 bridgehead atoms. The molecule has 1 aromatic carbocycles. The molecule has 1 saturated carbocycles. The predicted molar refractivity (Wildman–Crippen MR) is 68.1 cm³/mol. The van der Waals surface area contributed by atoms with Gasteiger partial charge in [-0.15, -0.1) is 0 Å². The Hall–Kier alpha value is -1.71. The molecule has 3 rings (SSSR count). The van der Waals surface area contributed by atoms with Crippen LogP contribution in [0.5, 0.6) is 5.75 Å². The maximum Gasteiger partial charge on any atom is 0.341 e. The molecule has 1 aliphatic carbocycles. The number of para-hydroxylation sites is 1. The first kappa shape index (κ1) is 11.4. The highest BCUT2D eigenvalue weighted by atomic mass is 16.5. The van der Waals surface area contributed by atoms with Crippen molar-refractivity contribution in [2.75, 3.05) is 19.0 Å². The molecular formula is C14H17NO3. The third-order valence-corrected chi connectivity index (χ3v) is 3.87. The standard InChI is InChI=1S/C14H17NO3/c1-17-13(16)10-5-4-6-11-12(10)18-9-14(15-11)7-2-3-8-14/h4-6,15H,2-3,7-9H2,1H3. The Morgan fingerprint density at radius 2 is 2.17 bits per heavy atom. The Labute approximate surface area is 106 Å². The van der Waals surface area contributed by atoms with Gasteiger partial charge in [-0.1, -0.05) is 18.9 Å². The van der Waals surface area contributed by atoms with E-state index in [4.69, 9.17) is 9.47 Å². The summed E-state index contributed by atoms with van der Waals surface area (Å²) in [7, 11) is 1.39. The smallest absolute Gasteiger partial charge is 0.341 e. The summed E-state index contributed by atoms with van der Waals surface area (Å²) in [6.07, 6.45) is 4.74. The molecule has 0 radical (unpaired) electrons.